The Morgan fingerprint density at radius 1 is 1.25 bits per heavy atom. The Kier molecular flexibility index (Phi) is 6.03. The normalized spacial score (nSPS) is 20.4. The Morgan fingerprint density at radius 3 is 2.57 bits per heavy atom. The van der Waals surface area contributed by atoms with E-state index in [0.717, 1.165) is 21.9 Å². The van der Waals surface area contributed by atoms with Crippen LogP contribution in [0.15, 0.2) is 0 Å². The molecule has 2 aliphatic heterocycles. The summed E-state index contributed by atoms with van der Waals surface area (Å²) in [5.74, 6) is -0.308. The highest BCUT2D eigenvalue weighted by Gasteiger charge is 2.42. The van der Waals surface area contributed by atoms with Crippen molar-refractivity contribution in [1.29, 1.82) is 0 Å². The van der Waals surface area contributed by atoms with Crippen molar-refractivity contribution in [2.24, 2.45) is 0 Å². The summed E-state index contributed by atoms with van der Waals surface area (Å²) in [6.07, 6.45) is 0.732. The van der Waals surface area contributed by atoms with E-state index in [1.807, 2.05) is 0 Å². The zero-order valence-corrected chi connectivity index (χ0v) is 18.3. The van der Waals surface area contributed by atoms with Gasteiger partial charge in [0.15, 0.2) is 0 Å². The molecule has 1 aromatic rings. The molecule has 1 aromatic heterocycles. The highest BCUT2D eigenvalue weighted by Crippen LogP contribution is 2.45. The fourth-order valence-electron chi connectivity index (χ4n) is 4.15. The number of thiophene rings is 1. The average molecular weight is 410 g/mol. The molecule has 3 heterocycles. The van der Waals surface area contributed by atoms with Crippen molar-refractivity contribution < 1.29 is 19.1 Å². The fraction of sp³-hybridized carbons (Fsp3) is 0.700. The van der Waals surface area contributed by atoms with Crippen molar-refractivity contribution in [2.75, 3.05) is 44.8 Å². The smallest absolute Gasteiger partial charge is 0.341 e. The molecule has 0 radical (unpaired) electrons. The van der Waals surface area contributed by atoms with Gasteiger partial charge in [0.1, 0.15) is 5.00 Å². The second kappa shape index (κ2) is 8.00. The van der Waals surface area contributed by atoms with E-state index in [1.54, 1.807) is 23.2 Å². The van der Waals surface area contributed by atoms with Gasteiger partial charge in [-0.05, 0) is 46.6 Å². The topological polar surface area (TPSA) is 79.9 Å². The van der Waals surface area contributed by atoms with Crippen LogP contribution in [-0.2, 0) is 26.2 Å². The summed E-state index contributed by atoms with van der Waals surface area (Å²) in [5.41, 5.74) is 1.20. The number of anilines is 1. The van der Waals surface area contributed by atoms with Crippen molar-refractivity contribution in [3.63, 3.8) is 0 Å². The highest BCUT2D eigenvalue weighted by atomic mass is 32.1. The number of amides is 1. The molecule has 28 heavy (non-hydrogen) atoms. The van der Waals surface area contributed by atoms with Crippen LogP contribution in [-0.4, -0.2) is 61.8 Å². The van der Waals surface area contributed by atoms with Crippen LogP contribution in [0.25, 0.3) is 0 Å². The predicted octanol–water partition coefficient (Wildman–Crippen LogP) is 2.35. The number of ether oxygens (including phenoxy) is 2. The lowest BCUT2D eigenvalue weighted by molar-refractivity contribution is -0.133. The lowest BCUT2D eigenvalue weighted by Crippen LogP contribution is -2.55. The number of carbonyl (C=O) groups is 2. The van der Waals surface area contributed by atoms with Gasteiger partial charge in [-0.3, -0.25) is 4.79 Å². The molecule has 1 amide bonds. The zero-order valence-electron chi connectivity index (χ0n) is 17.4. The van der Waals surface area contributed by atoms with Crippen molar-refractivity contribution in [1.82, 2.24) is 10.2 Å². The van der Waals surface area contributed by atoms with Gasteiger partial charge >= 0.3 is 5.97 Å². The van der Waals surface area contributed by atoms with Gasteiger partial charge in [0.2, 0.25) is 5.91 Å². The van der Waals surface area contributed by atoms with E-state index in [2.05, 4.69) is 38.3 Å². The van der Waals surface area contributed by atoms with Crippen molar-refractivity contribution in [3.8, 4) is 0 Å². The van der Waals surface area contributed by atoms with Crippen LogP contribution in [0.1, 0.15) is 55.4 Å². The van der Waals surface area contributed by atoms with Crippen LogP contribution >= 0.6 is 11.3 Å². The third-order valence-corrected chi connectivity index (χ3v) is 6.60. The summed E-state index contributed by atoms with van der Waals surface area (Å²) in [6.45, 7) is 13.2. The Balaban J connectivity index is 1.89. The first kappa shape index (κ1) is 21.1. The third kappa shape index (κ3) is 4.34. The van der Waals surface area contributed by atoms with Gasteiger partial charge in [-0.2, -0.15) is 0 Å². The maximum Gasteiger partial charge on any atom is 0.341 e. The Morgan fingerprint density at radius 2 is 1.93 bits per heavy atom. The molecule has 2 N–H and O–H groups in total. The number of esters is 1. The minimum atomic E-state index is -0.324. The molecule has 0 atom stereocenters. The summed E-state index contributed by atoms with van der Waals surface area (Å²) in [6, 6.07) is 0. The number of nitrogens with one attached hydrogen (secondary N) is 2. The predicted molar refractivity (Wildman–Crippen MR) is 110 cm³/mol. The largest absolute Gasteiger partial charge is 0.462 e. The van der Waals surface area contributed by atoms with Crippen LogP contribution in [0.3, 0.4) is 0 Å². The molecule has 0 unspecified atom stereocenters. The van der Waals surface area contributed by atoms with Gasteiger partial charge < -0.3 is 25.0 Å². The molecule has 156 valence electrons. The Bertz CT molecular complexity index is 751. The second-order valence-electron chi connectivity index (χ2n) is 8.49. The summed E-state index contributed by atoms with van der Waals surface area (Å²) >= 11 is 1.54. The van der Waals surface area contributed by atoms with E-state index >= 15 is 0 Å². The van der Waals surface area contributed by atoms with Crippen LogP contribution < -0.4 is 10.6 Å². The number of hydrogen-bond donors (Lipinski definition) is 2. The second-order valence-corrected chi connectivity index (χ2v) is 9.51. The Labute approximate surface area is 170 Å². The number of morpholine rings is 1. The van der Waals surface area contributed by atoms with E-state index < -0.39 is 0 Å². The molecule has 0 spiro atoms. The summed E-state index contributed by atoms with van der Waals surface area (Å²) in [4.78, 5) is 28.2. The van der Waals surface area contributed by atoms with E-state index in [1.165, 1.54) is 0 Å². The first-order valence-electron chi connectivity index (χ1n) is 9.86. The standard InChI is InChI=1S/C20H31N3O4S/c1-6-27-18(25)15-13-11-19(2,3)22-20(4,5)16(13)28-17(15)21-12-14(24)23-7-9-26-10-8-23/h21-22H,6-12H2,1-5H3. The molecule has 0 aromatic carbocycles. The van der Waals surface area contributed by atoms with Crippen LogP contribution in [0.4, 0.5) is 5.00 Å². The average Bonchev–Trinajstić information content (AvgIpc) is 2.98. The molecule has 0 bridgehead atoms. The number of carbonyl (C=O) groups excluding carboxylic acids is 2. The summed E-state index contributed by atoms with van der Waals surface area (Å²) < 4.78 is 10.7. The summed E-state index contributed by atoms with van der Waals surface area (Å²) in [7, 11) is 0. The van der Waals surface area contributed by atoms with Gasteiger partial charge in [-0.15, -0.1) is 11.3 Å². The number of fused-ring (bicyclic) bond motifs is 1. The minimum absolute atomic E-state index is 0.0159. The number of rotatable bonds is 5. The maximum atomic E-state index is 12.8. The highest BCUT2D eigenvalue weighted by molar-refractivity contribution is 7.17. The lowest BCUT2D eigenvalue weighted by Gasteiger charge is -2.42. The summed E-state index contributed by atoms with van der Waals surface area (Å²) in [5, 5.41) is 7.61. The van der Waals surface area contributed by atoms with Crippen molar-refractivity contribution in [2.45, 2.75) is 52.1 Å². The SMILES string of the molecule is CCOC(=O)c1c(NCC(=O)N2CCOCC2)sc2c1CC(C)(C)NC2(C)C. The molecule has 1 saturated heterocycles. The number of nitrogens with zero attached hydrogens (tertiary/aromatic N) is 1. The molecule has 7 nitrogen and oxygen atoms in total. The molecule has 1 fully saturated rings. The van der Waals surface area contributed by atoms with Gasteiger partial charge in [0, 0.05) is 29.0 Å². The molecular formula is C20H31N3O4S. The van der Waals surface area contributed by atoms with Crippen molar-refractivity contribution >= 4 is 28.2 Å². The van der Waals surface area contributed by atoms with E-state index in [0.29, 0.717) is 38.5 Å². The minimum Gasteiger partial charge on any atom is -0.462 e. The van der Waals surface area contributed by atoms with Crippen LogP contribution in [0, 0.1) is 0 Å². The van der Waals surface area contributed by atoms with Gasteiger partial charge in [0.05, 0.1) is 31.9 Å². The monoisotopic (exact) mass is 409 g/mol. The van der Waals surface area contributed by atoms with Crippen molar-refractivity contribution in [3.05, 3.63) is 16.0 Å². The van der Waals surface area contributed by atoms with Crippen LogP contribution in [0.2, 0.25) is 0 Å². The third-order valence-electron chi connectivity index (χ3n) is 5.09. The lowest BCUT2D eigenvalue weighted by atomic mass is 9.81. The zero-order chi connectivity index (χ0) is 20.5. The quantitative estimate of drug-likeness (QED) is 0.727. The molecule has 0 saturated carbocycles. The van der Waals surface area contributed by atoms with Gasteiger partial charge in [0.25, 0.3) is 0 Å². The number of hydrogen-bond acceptors (Lipinski definition) is 7. The molecule has 0 aliphatic carbocycles. The first-order chi connectivity index (χ1) is 13.1. The van der Waals surface area contributed by atoms with E-state index in [-0.39, 0.29) is 29.5 Å². The Hall–Kier alpha value is -1.64. The molecule has 3 rings (SSSR count). The maximum absolute atomic E-state index is 12.8. The van der Waals surface area contributed by atoms with E-state index in [9.17, 15) is 9.59 Å². The van der Waals surface area contributed by atoms with Gasteiger partial charge in [-0.1, -0.05) is 0 Å². The fourth-order valence-corrected chi connectivity index (χ4v) is 5.41. The van der Waals surface area contributed by atoms with Gasteiger partial charge in [-0.25, -0.2) is 4.79 Å². The first-order valence-corrected chi connectivity index (χ1v) is 10.7. The molecule has 2 aliphatic rings. The molecular weight excluding hydrogens is 378 g/mol. The van der Waals surface area contributed by atoms with Crippen LogP contribution in [0.5, 0.6) is 0 Å². The molecule has 8 heteroatoms. The van der Waals surface area contributed by atoms with E-state index in [4.69, 9.17) is 9.47 Å².